The van der Waals surface area contributed by atoms with Gasteiger partial charge in [-0.25, -0.2) is 8.78 Å². The Morgan fingerprint density at radius 3 is 2.72 bits per heavy atom. The summed E-state index contributed by atoms with van der Waals surface area (Å²) in [6.07, 6.45) is 6.71. The molecule has 0 aliphatic heterocycles. The van der Waals surface area contributed by atoms with Gasteiger partial charge in [0, 0.05) is 6.42 Å². The van der Waals surface area contributed by atoms with Crippen molar-refractivity contribution >= 4 is 0 Å². The van der Waals surface area contributed by atoms with E-state index in [4.69, 9.17) is 0 Å². The highest BCUT2D eigenvalue weighted by Gasteiger charge is 2.14. The molecule has 1 aromatic carbocycles. The van der Waals surface area contributed by atoms with Crippen molar-refractivity contribution in [3.05, 3.63) is 47.0 Å². The monoisotopic (exact) mass is 252 g/mol. The third kappa shape index (κ3) is 3.39. The first-order valence-corrected chi connectivity index (χ1v) is 6.45. The molecule has 0 heterocycles. The number of allylic oxidation sites excluding steroid dienone is 1. The first-order valence-electron chi connectivity index (χ1n) is 6.45. The van der Waals surface area contributed by atoms with Crippen LogP contribution in [0.1, 0.15) is 37.7 Å². The van der Waals surface area contributed by atoms with Crippen molar-refractivity contribution in [3.63, 3.8) is 0 Å². The van der Waals surface area contributed by atoms with Crippen LogP contribution in [0.3, 0.4) is 0 Å². The van der Waals surface area contributed by atoms with Crippen molar-refractivity contribution in [3.8, 4) is 0 Å². The molecule has 1 N–H and O–H groups in total. The standard InChI is InChI=1S/C15H18F2O/c16-14-8-4-7-12(15(14)17)10-13(18)9-11-5-2-1-3-6-11/h4-5,7-8,13,18H,1-3,6,9-10H2. The van der Waals surface area contributed by atoms with Crippen molar-refractivity contribution in [2.24, 2.45) is 0 Å². The van der Waals surface area contributed by atoms with Gasteiger partial charge in [-0.3, -0.25) is 0 Å². The molecule has 18 heavy (non-hydrogen) atoms. The van der Waals surface area contributed by atoms with Crippen LogP contribution in [-0.4, -0.2) is 11.2 Å². The van der Waals surface area contributed by atoms with E-state index in [-0.39, 0.29) is 12.0 Å². The number of benzene rings is 1. The predicted molar refractivity (Wildman–Crippen MR) is 67.2 cm³/mol. The summed E-state index contributed by atoms with van der Waals surface area (Å²) in [7, 11) is 0. The van der Waals surface area contributed by atoms with Gasteiger partial charge in [-0.2, -0.15) is 0 Å². The second-order valence-electron chi connectivity index (χ2n) is 4.88. The van der Waals surface area contributed by atoms with Gasteiger partial charge in [0.15, 0.2) is 11.6 Å². The van der Waals surface area contributed by atoms with E-state index in [0.717, 1.165) is 25.3 Å². The number of halogens is 2. The molecule has 2 rings (SSSR count). The largest absolute Gasteiger partial charge is 0.392 e. The molecule has 0 saturated heterocycles. The van der Waals surface area contributed by atoms with E-state index in [1.54, 1.807) is 0 Å². The van der Waals surface area contributed by atoms with E-state index in [9.17, 15) is 13.9 Å². The summed E-state index contributed by atoms with van der Waals surface area (Å²) in [4.78, 5) is 0. The van der Waals surface area contributed by atoms with E-state index in [0.29, 0.717) is 6.42 Å². The lowest BCUT2D eigenvalue weighted by atomic mass is 9.93. The van der Waals surface area contributed by atoms with Gasteiger partial charge in [0.1, 0.15) is 0 Å². The molecule has 0 spiro atoms. The average Bonchev–Trinajstić information content (AvgIpc) is 2.36. The molecule has 0 fully saturated rings. The van der Waals surface area contributed by atoms with Crippen molar-refractivity contribution < 1.29 is 13.9 Å². The Labute approximate surface area is 106 Å². The third-order valence-corrected chi connectivity index (χ3v) is 3.37. The van der Waals surface area contributed by atoms with E-state index < -0.39 is 17.7 Å². The Balaban J connectivity index is 1.96. The molecule has 1 aliphatic carbocycles. The van der Waals surface area contributed by atoms with Gasteiger partial charge in [0.25, 0.3) is 0 Å². The maximum atomic E-state index is 13.4. The Hall–Kier alpha value is -1.22. The Bertz CT molecular complexity index is 440. The van der Waals surface area contributed by atoms with E-state index in [1.165, 1.54) is 24.1 Å². The molecule has 1 aromatic rings. The Morgan fingerprint density at radius 2 is 2.00 bits per heavy atom. The zero-order valence-corrected chi connectivity index (χ0v) is 10.3. The molecular formula is C15H18F2O. The molecule has 0 radical (unpaired) electrons. The van der Waals surface area contributed by atoms with Crippen LogP contribution in [0, 0.1) is 11.6 Å². The summed E-state index contributed by atoms with van der Waals surface area (Å²) >= 11 is 0. The lowest BCUT2D eigenvalue weighted by Crippen LogP contribution is -2.14. The van der Waals surface area contributed by atoms with Crippen LogP contribution >= 0.6 is 0 Å². The number of aliphatic hydroxyl groups is 1. The second kappa shape index (κ2) is 6.10. The molecule has 98 valence electrons. The van der Waals surface area contributed by atoms with Gasteiger partial charge in [0.05, 0.1) is 6.10 Å². The van der Waals surface area contributed by atoms with Crippen LogP contribution in [0.25, 0.3) is 0 Å². The average molecular weight is 252 g/mol. The summed E-state index contributed by atoms with van der Waals surface area (Å²) < 4.78 is 26.5. The van der Waals surface area contributed by atoms with Gasteiger partial charge < -0.3 is 5.11 Å². The lowest BCUT2D eigenvalue weighted by molar-refractivity contribution is 0.172. The molecular weight excluding hydrogens is 234 g/mol. The minimum absolute atomic E-state index is 0.168. The normalized spacial score (nSPS) is 17.4. The topological polar surface area (TPSA) is 20.2 Å². The van der Waals surface area contributed by atoms with Crippen LogP contribution < -0.4 is 0 Å². The summed E-state index contributed by atoms with van der Waals surface area (Å²) in [5.74, 6) is -1.69. The molecule has 1 aliphatic rings. The van der Waals surface area contributed by atoms with Crippen LogP contribution in [0.4, 0.5) is 8.78 Å². The summed E-state index contributed by atoms with van der Waals surface area (Å²) in [5.41, 5.74) is 1.49. The Morgan fingerprint density at radius 1 is 1.17 bits per heavy atom. The zero-order chi connectivity index (χ0) is 13.0. The number of aliphatic hydroxyl groups excluding tert-OH is 1. The molecule has 1 nitrogen and oxygen atoms in total. The number of hydrogen-bond donors (Lipinski definition) is 1. The van der Waals surface area contributed by atoms with Gasteiger partial charge in [-0.15, -0.1) is 0 Å². The molecule has 1 unspecified atom stereocenters. The first kappa shape index (κ1) is 13.2. The van der Waals surface area contributed by atoms with E-state index >= 15 is 0 Å². The fraction of sp³-hybridized carbons (Fsp3) is 0.467. The lowest BCUT2D eigenvalue weighted by Gasteiger charge is -2.17. The SMILES string of the molecule is OC(CC1=CCCCC1)Cc1cccc(F)c1F. The van der Waals surface area contributed by atoms with Crippen LogP contribution in [0.5, 0.6) is 0 Å². The van der Waals surface area contributed by atoms with Crippen LogP contribution in [0.15, 0.2) is 29.8 Å². The number of rotatable bonds is 4. The molecule has 3 heteroatoms. The quantitative estimate of drug-likeness (QED) is 0.809. The van der Waals surface area contributed by atoms with Crippen molar-refractivity contribution in [1.29, 1.82) is 0 Å². The molecule has 1 atom stereocenters. The molecule has 0 amide bonds. The zero-order valence-electron chi connectivity index (χ0n) is 10.3. The maximum absolute atomic E-state index is 13.4. The second-order valence-corrected chi connectivity index (χ2v) is 4.88. The van der Waals surface area contributed by atoms with Gasteiger partial charge in [-0.1, -0.05) is 23.8 Å². The molecule has 0 saturated carbocycles. The maximum Gasteiger partial charge on any atom is 0.162 e. The van der Waals surface area contributed by atoms with E-state index in [1.807, 2.05) is 0 Å². The summed E-state index contributed by atoms with van der Waals surface area (Å²) in [6, 6.07) is 4.09. The Kier molecular flexibility index (Phi) is 4.48. The number of hydrogen-bond acceptors (Lipinski definition) is 1. The molecule has 0 bridgehead atoms. The van der Waals surface area contributed by atoms with E-state index in [2.05, 4.69) is 6.08 Å². The van der Waals surface area contributed by atoms with Gasteiger partial charge in [-0.05, 0) is 43.7 Å². The summed E-state index contributed by atoms with van der Waals surface area (Å²) in [6.45, 7) is 0. The smallest absolute Gasteiger partial charge is 0.162 e. The minimum Gasteiger partial charge on any atom is -0.392 e. The fourth-order valence-electron chi connectivity index (χ4n) is 2.42. The highest BCUT2D eigenvalue weighted by atomic mass is 19.2. The highest BCUT2D eigenvalue weighted by Crippen LogP contribution is 2.23. The van der Waals surface area contributed by atoms with Crippen LogP contribution in [0.2, 0.25) is 0 Å². The minimum atomic E-state index is -0.850. The first-order chi connectivity index (χ1) is 8.66. The molecule has 0 aromatic heterocycles. The van der Waals surface area contributed by atoms with Crippen LogP contribution in [-0.2, 0) is 6.42 Å². The van der Waals surface area contributed by atoms with Crippen molar-refractivity contribution in [1.82, 2.24) is 0 Å². The third-order valence-electron chi connectivity index (χ3n) is 3.37. The van der Waals surface area contributed by atoms with Crippen molar-refractivity contribution in [2.75, 3.05) is 0 Å². The summed E-state index contributed by atoms with van der Waals surface area (Å²) in [5, 5.41) is 9.94. The highest BCUT2D eigenvalue weighted by molar-refractivity contribution is 5.20. The predicted octanol–water partition coefficient (Wildman–Crippen LogP) is 3.76. The fourth-order valence-corrected chi connectivity index (χ4v) is 2.42. The van der Waals surface area contributed by atoms with Gasteiger partial charge >= 0.3 is 0 Å². The van der Waals surface area contributed by atoms with Gasteiger partial charge in [0.2, 0.25) is 0 Å². The van der Waals surface area contributed by atoms with Crippen molar-refractivity contribution in [2.45, 2.75) is 44.6 Å².